The van der Waals surface area contributed by atoms with E-state index in [9.17, 15) is 0 Å². The summed E-state index contributed by atoms with van der Waals surface area (Å²) in [5.41, 5.74) is 9.38. The van der Waals surface area contributed by atoms with Crippen molar-refractivity contribution in [1.29, 1.82) is 0 Å². The van der Waals surface area contributed by atoms with Crippen LogP contribution in [-0.4, -0.2) is 24.1 Å². The maximum absolute atomic E-state index is 6.45. The Morgan fingerprint density at radius 3 is 2.18 bits per heavy atom. The van der Waals surface area contributed by atoms with Crippen LogP contribution in [0.25, 0.3) is 0 Å². The van der Waals surface area contributed by atoms with Crippen LogP contribution in [0.3, 0.4) is 0 Å². The van der Waals surface area contributed by atoms with Gasteiger partial charge in [0.1, 0.15) is 0 Å². The Labute approximate surface area is 108 Å². The Balaban J connectivity index is 5.66. The van der Waals surface area contributed by atoms with Gasteiger partial charge in [-0.15, -0.1) is 8.86 Å². The minimum Gasteiger partial charge on any atom is -0.320 e. The van der Waals surface area contributed by atoms with E-state index in [1.807, 2.05) is 25.8 Å². The minimum absolute atomic E-state index is 0.347. The molecule has 2 nitrogen and oxygen atoms in total. The molecule has 0 saturated heterocycles. The third kappa shape index (κ3) is 3.90. The first-order valence-electron chi connectivity index (χ1n) is 6.11. The molecule has 2 N–H and O–H groups in total. The van der Waals surface area contributed by atoms with Gasteiger partial charge in [-0.1, -0.05) is 19.9 Å². The van der Waals surface area contributed by atoms with Crippen LogP contribution in [-0.2, 0) is 0 Å². The van der Waals surface area contributed by atoms with Crippen LogP contribution >= 0.6 is 8.86 Å². The zero-order chi connectivity index (χ0) is 13.5. The minimum atomic E-state index is -0.347. The normalized spacial score (nSPS) is 15.1. The van der Waals surface area contributed by atoms with E-state index in [0.717, 1.165) is 24.1 Å². The molecular weight excluding hydrogens is 227 g/mol. The first kappa shape index (κ1) is 16.3. The lowest BCUT2D eigenvalue weighted by molar-refractivity contribution is 0.527. The molecule has 0 aliphatic heterocycles. The topological polar surface area (TPSA) is 38.4 Å². The fraction of sp³-hybridized carbons (Fsp3) is 0.571. The van der Waals surface area contributed by atoms with E-state index in [2.05, 4.69) is 40.7 Å². The van der Waals surface area contributed by atoms with E-state index in [0.29, 0.717) is 0 Å². The Bertz CT molecular complexity index is 347. The molecule has 0 aromatic rings. The number of allylic oxidation sites excluding steroid dienone is 3. The van der Waals surface area contributed by atoms with E-state index in [-0.39, 0.29) is 5.54 Å². The predicted molar refractivity (Wildman–Crippen MR) is 82.8 cm³/mol. The summed E-state index contributed by atoms with van der Waals surface area (Å²) < 4.78 is 0. The average molecular weight is 252 g/mol. The van der Waals surface area contributed by atoms with Gasteiger partial charge in [0.05, 0.1) is 11.3 Å². The molecule has 0 spiro atoms. The summed E-state index contributed by atoms with van der Waals surface area (Å²) in [6.07, 6.45) is 5.86. The Kier molecular flexibility index (Phi) is 7.26. The maximum atomic E-state index is 6.45. The highest BCUT2D eigenvalue weighted by molar-refractivity contribution is 7.18. The monoisotopic (exact) mass is 252 g/mol. The van der Waals surface area contributed by atoms with Gasteiger partial charge in [0.25, 0.3) is 0 Å². The molecular formula is C14H25N2P. The zero-order valence-electron chi connectivity index (χ0n) is 11.7. The van der Waals surface area contributed by atoms with Gasteiger partial charge >= 0.3 is 0 Å². The van der Waals surface area contributed by atoms with Gasteiger partial charge < -0.3 is 5.73 Å². The number of nitrogens with two attached hydrogens (primary N) is 1. The summed E-state index contributed by atoms with van der Waals surface area (Å²) in [4.78, 5) is 4.43. The molecule has 0 saturated carbocycles. The Morgan fingerprint density at radius 2 is 1.88 bits per heavy atom. The van der Waals surface area contributed by atoms with E-state index in [1.54, 1.807) is 0 Å². The van der Waals surface area contributed by atoms with Crippen molar-refractivity contribution in [2.75, 3.05) is 7.05 Å². The number of rotatable bonds is 6. The maximum Gasteiger partial charge on any atom is 0.0618 e. The highest BCUT2D eigenvalue weighted by Crippen LogP contribution is 2.23. The lowest BCUT2D eigenvalue weighted by Gasteiger charge is -2.30. The van der Waals surface area contributed by atoms with Crippen molar-refractivity contribution in [2.45, 2.75) is 46.1 Å². The molecule has 0 aliphatic rings. The smallest absolute Gasteiger partial charge is 0.0618 e. The van der Waals surface area contributed by atoms with E-state index >= 15 is 0 Å². The first-order valence-corrected chi connectivity index (χ1v) is 6.68. The Morgan fingerprint density at radius 1 is 1.35 bits per heavy atom. The summed E-state index contributed by atoms with van der Waals surface area (Å²) in [6, 6.07) is 0. The molecule has 0 amide bonds. The van der Waals surface area contributed by atoms with Gasteiger partial charge in [0, 0.05) is 12.6 Å². The molecule has 0 radical (unpaired) electrons. The highest BCUT2D eigenvalue weighted by Gasteiger charge is 2.29. The van der Waals surface area contributed by atoms with Gasteiger partial charge in [-0.25, -0.2) is 0 Å². The standard InChI is InChI=1S/C14H25N2P/c1-6-11(4)12(9-10-17)13(16-5)14(15,7-2)8-3/h6,9-10,17H,7-8,15H2,1-5H3/b11-6-,12-9+,16-13?. The molecule has 3 heteroatoms. The SMILES string of the molecule is C/C=C(C)\C(=C/C=P)C(=NC)C(N)(CC)CC. The van der Waals surface area contributed by atoms with Crippen LogP contribution in [0, 0.1) is 0 Å². The molecule has 96 valence electrons. The third-order valence-corrected chi connectivity index (χ3v) is 3.49. The fourth-order valence-electron chi connectivity index (χ4n) is 1.83. The summed E-state index contributed by atoms with van der Waals surface area (Å²) >= 11 is 0. The fourth-order valence-corrected chi connectivity index (χ4v) is 2.00. The van der Waals surface area contributed by atoms with Crippen molar-refractivity contribution in [3.05, 3.63) is 23.3 Å². The van der Waals surface area contributed by atoms with E-state index in [1.165, 1.54) is 5.57 Å². The third-order valence-electron chi connectivity index (χ3n) is 3.32. The van der Waals surface area contributed by atoms with Gasteiger partial charge in [-0.2, -0.15) is 0 Å². The molecule has 0 unspecified atom stereocenters. The first-order chi connectivity index (χ1) is 8.00. The Hall–Kier alpha value is -0.720. The van der Waals surface area contributed by atoms with Crippen LogP contribution in [0.2, 0.25) is 0 Å². The second-order valence-electron chi connectivity index (χ2n) is 4.15. The van der Waals surface area contributed by atoms with Crippen molar-refractivity contribution in [3.63, 3.8) is 0 Å². The lowest BCUT2D eigenvalue weighted by Crippen LogP contribution is -2.47. The molecule has 0 fully saturated rings. The van der Waals surface area contributed by atoms with Gasteiger partial charge in [0.15, 0.2) is 0 Å². The molecule has 0 rings (SSSR count). The molecule has 0 bridgehead atoms. The van der Waals surface area contributed by atoms with Crippen molar-refractivity contribution in [1.82, 2.24) is 0 Å². The lowest BCUT2D eigenvalue weighted by atomic mass is 9.82. The summed E-state index contributed by atoms with van der Waals surface area (Å²) in [5.74, 6) is 1.85. The predicted octanol–water partition coefficient (Wildman–Crippen LogP) is 3.41. The largest absolute Gasteiger partial charge is 0.320 e. The van der Waals surface area contributed by atoms with Crippen molar-refractivity contribution < 1.29 is 0 Å². The summed E-state index contributed by atoms with van der Waals surface area (Å²) in [5, 5.41) is 0. The van der Waals surface area contributed by atoms with E-state index in [4.69, 9.17) is 5.73 Å². The van der Waals surface area contributed by atoms with Gasteiger partial charge in [-0.05, 0) is 44.1 Å². The van der Waals surface area contributed by atoms with Crippen molar-refractivity contribution in [2.24, 2.45) is 10.7 Å². The van der Waals surface area contributed by atoms with Crippen LogP contribution in [0.5, 0.6) is 0 Å². The van der Waals surface area contributed by atoms with Crippen molar-refractivity contribution >= 4 is 20.4 Å². The number of hydrogen-bond acceptors (Lipinski definition) is 2. The molecule has 0 aromatic heterocycles. The second-order valence-corrected chi connectivity index (χ2v) is 4.49. The van der Waals surface area contributed by atoms with Gasteiger partial charge in [-0.3, -0.25) is 4.99 Å². The molecule has 0 atom stereocenters. The quantitative estimate of drug-likeness (QED) is 0.439. The number of hydrogen-bond donors (Lipinski definition) is 1. The van der Waals surface area contributed by atoms with Crippen LogP contribution in [0.4, 0.5) is 0 Å². The average Bonchev–Trinajstić information content (AvgIpc) is 2.37. The number of nitrogens with zero attached hydrogens (tertiary/aromatic N) is 1. The highest BCUT2D eigenvalue weighted by atomic mass is 31.0. The summed E-state index contributed by atoms with van der Waals surface area (Å²) in [7, 11) is 5.19. The van der Waals surface area contributed by atoms with Crippen LogP contribution in [0.15, 0.2) is 28.3 Å². The molecule has 0 aliphatic carbocycles. The molecule has 0 heterocycles. The van der Waals surface area contributed by atoms with Crippen LogP contribution in [0.1, 0.15) is 40.5 Å². The van der Waals surface area contributed by atoms with Crippen molar-refractivity contribution in [3.8, 4) is 0 Å². The summed E-state index contributed by atoms with van der Waals surface area (Å²) in [6.45, 7) is 8.32. The molecule has 0 aromatic carbocycles. The van der Waals surface area contributed by atoms with Crippen LogP contribution < -0.4 is 5.73 Å². The molecule has 17 heavy (non-hydrogen) atoms. The van der Waals surface area contributed by atoms with E-state index < -0.39 is 0 Å². The van der Waals surface area contributed by atoms with Gasteiger partial charge in [0.2, 0.25) is 0 Å². The number of aliphatic imine (C=N–C) groups is 1. The zero-order valence-corrected chi connectivity index (χ0v) is 12.7. The second kappa shape index (κ2) is 7.58.